The van der Waals surface area contributed by atoms with Gasteiger partial charge in [-0.1, -0.05) is 17.3 Å². The van der Waals surface area contributed by atoms with Gasteiger partial charge in [0.05, 0.1) is 12.1 Å². The first kappa shape index (κ1) is 21.1. The molecule has 1 saturated heterocycles. The molecule has 8 heteroatoms. The monoisotopic (exact) mass is 449 g/mol. The predicted octanol–water partition coefficient (Wildman–Crippen LogP) is 5.22. The summed E-state index contributed by atoms with van der Waals surface area (Å²) in [7, 11) is 0. The third-order valence-corrected chi connectivity index (χ3v) is 5.78. The molecule has 0 saturated carbocycles. The van der Waals surface area contributed by atoms with Crippen LogP contribution in [0.3, 0.4) is 0 Å². The molecule has 2 aromatic carbocycles. The number of aromatic nitrogens is 2. The predicted molar refractivity (Wildman–Crippen MR) is 115 cm³/mol. The minimum atomic E-state index is -0.342. The van der Waals surface area contributed by atoms with Crippen LogP contribution in [0.1, 0.15) is 46.5 Å². The molecule has 1 aliphatic rings. The maximum atomic E-state index is 13.1. The molecule has 4 aromatic rings. The number of benzene rings is 2. The van der Waals surface area contributed by atoms with Crippen LogP contribution in [0, 0.1) is 11.6 Å². The van der Waals surface area contributed by atoms with Gasteiger partial charge in [-0.2, -0.15) is 0 Å². The second-order valence-electron chi connectivity index (χ2n) is 8.14. The van der Waals surface area contributed by atoms with Crippen molar-refractivity contribution in [2.45, 2.75) is 25.2 Å². The molecule has 1 aliphatic heterocycles. The molecular formula is C25H21F2N3O3. The van der Waals surface area contributed by atoms with Crippen molar-refractivity contribution in [3.05, 3.63) is 95.4 Å². The van der Waals surface area contributed by atoms with Gasteiger partial charge in [-0.3, -0.25) is 4.79 Å². The molecule has 0 N–H and O–H groups in total. The van der Waals surface area contributed by atoms with E-state index in [1.165, 1.54) is 24.3 Å². The van der Waals surface area contributed by atoms with Crippen molar-refractivity contribution in [2.24, 2.45) is 0 Å². The van der Waals surface area contributed by atoms with Gasteiger partial charge in [0, 0.05) is 31.1 Å². The maximum Gasteiger partial charge on any atom is 0.292 e. The zero-order valence-corrected chi connectivity index (χ0v) is 17.7. The van der Waals surface area contributed by atoms with Gasteiger partial charge in [-0.05, 0) is 54.8 Å². The Hall–Kier alpha value is -3.81. The molecule has 6 nitrogen and oxygen atoms in total. The molecule has 168 valence electrons. The van der Waals surface area contributed by atoms with Gasteiger partial charge in [0.25, 0.3) is 5.91 Å². The Kier molecular flexibility index (Phi) is 5.73. The number of nitrogens with zero attached hydrogens (tertiary/aromatic N) is 3. The molecule has 0 aliphatic carbocycles. The summed E-state index contributed by atoms with van der Waals surface area (Å²) in [6.07, 6.45) is 3.88. The van der Waals surface area contributed by atoms with Gasteiger partial charge in [-0.25, -0.2) is 13.8 Å². The number of carbonyl (C=O) groups is 1. The second-order valence-corrected chi connectivity index (χ2v) is 8.14. The lowest BCUT2D eigenvalue weighted by atomic mass is 9.98. The highest BCUT2D eigenvalue weighted by Gasteiger charge is 2.30. The Morgan fingerprint density at radius 1 is 1.06 bits per heavy atom. The van der Waals surface area contributed by atoms with Crippen LogP contribution in [0.25, 0.3) is 11.3 Å². The molecule has 1 atom stereocenters. The molecule has 33 heavy (non-hydrogen) atoms. The smallest absolute Gasteiger partial charge is 0.292 e. The van der Waals surface area contributed by atoms with Crippen LogP contribution < -0.4 is 0 Å². The quantitative estimate of drug-likeness (QED) is 0.418. The Bertz CT molecular complexity index is 1250. The number of likely N-dealkylation sites (tertiary alicyclic amines) is 1. The summed E-state index contributed by atoms with van der Waals surface area (Å²) in [5, 5.41) is 3.96. The normalized spacial score (nSPS) is 16.2. The largest absolute Gasteiger partial charge is 0.445 e. The number of carbonyl (C=O) groups excluding carboxylic acids is 1. The first-order valence-electron chi connectivity index (χ1n) is 10.8. The van der Waals surface area contributed by atoms with E-state index in [0.29, 0.717) is 42.4 Å². The Labute approximate surface area is 188 Å². The van der Waals surface area contributed by atoms with Crippen molar-refractivity contribution >= 4 is 5.91 Å². The Morgan fingerprint density at radius 2 is 1.79 bits per heavy atom. The Balaban J connectivity index is 1.25. The van der Waals surface area contributed by atoms with Gasteiger partial charge < -0.3 is 13.8 Å². The fraction of sp³-hybridized carbons (Fsp3) is 0.240. The fourth-order valence-electron chi connectivity index (χ4n) is 4.05. The molecule has 1 fully saturated rings. The molecule has 5 rings (SSSR count). The van der Waals surface area contributed by atoms with Gasteiger partial charge in [-0.15, -0.1) is 0 Å². The van der Waals surface area contributed by atoms with E-state index in [1.807, 2.05) is 0 Å². The van der Waals surface area contributed by atoms with Gasteiger partial charge in [0.1, 0.15) is 23.1 Å². The zero-order chi connectivity index (χ0) is 22.8. The molecule has 3 heterocycles. The molecule has 0 bridgehead atoms. The lowest BCUT2D eigenvalue weighted by Crippen LogP contribution is -2.39. The number of piperidine rings is 1. The minimum Gasteiger partial charge on any atom is -0.445 e. The van der Waals surface area contributed by atoms with Crippen molar-refractivity contribution < 1.29 is 22.5 Å². The van der Waals surface area contributed by atoms with E-state index in [0.717, 1.165) is 18.4 Å². The molecule has 1 unspecified atom stereocenters. The molecule has 2 aromatic heterocycles. The van der Waals surface area contributed by atoms with Crippen LogP contribution in [0.5, 0.6) is 0 Å². The Morgan fingerprint density at radius 3 is 2.55 bits per heavy atom. The average molecular weight is 449 g/mol. The topological polar surface area (TPSA) is 72.4 Å². The first-order chi connectivity index (χ1) is 16.0. The van der Waals surface area contributed by atoms with Crippen LogP contribution in [0.2, 0.25) is 0 Å². The van der Waals surface area contributed by atoms with Gasteiger partial charge in [0.15, 0.2) is 5.89 Å². The lowest BCUT2D eigenvalue weighted by molar-refractivity contribution is 0.0656. The highest BCUT2D eigenvalue weighted by Crippen LogP contribution is 2.29. The standard InChI is InChI=1S/C25H21F2N3O3/c26-19-7-3-16(4-8-19)12-21-14-28-24(32-21)18-2-1-11-30(15-18)25(31)23-13-22(29-33-23)17-5-9-20(27)10-6-17/h3-10,13-14,18H,1-2,11-12,15H2. The number of hydrogen-bond donors (Lipinski definition) is 0. The van der Waals surface area contributed by atoms with Crippen molar-refractivity contribution in [1.29, 1.82) is 0 Å². The molecule has 0 radical (unpaired) electrons. The van der Waals surface area contributed by atoms with Crippen molar-refractivity contribution in [3.8, 4) is 11.3 Å². The zero-order valence-electron chi connectivity index (χ0n) is 17.7. The highest BCUT2D eigenvalue weighted by atomic mass is 19.1. The van der Waals surface area contributed by atoms with Crippen molar-refractivity contribution in [1.82, 2.24) is 15.0 Å². The summed E-state index contributed by atoms with van der Waals surface area (Å²) in [4.78, 5) is 19.1. The average Bonchev–Trinajstić information content (AvgIpc) is 3.51. The number of hydrogen-bond acceptors (Lipinski definition) is 5. The number of oxazole rings is 1. The van der Waals surface area contributed by atoms with Crippen LogP contribution >= 0.6 is 0 Å². The van der Waals surface area contributed by atoms with Crippen LogP contribution in [-0.4, -0.2) is 34.0 Å². The highest BCUT2D eigenvalue weighted by molar-refractivity contribution is 5.92. The van der Waals surface area contributed by atoms with E-state index in [9.17, 15) is 13.6 Å². The van der Waals surface area contributed by atoms with E-state index in [4.69, 9.17) is 8.94 Å². The minimum absolute atomic E-state index is 0.0239. The second kappa shape index (κ2) is 8.97. The summed E-state index contributed by atoms with van der Waals surface area (Å²) in [6.45, 7) is 1.06. The summed E-state index contributed by atoms with van der Waals surface area (Å²) >= 11 is 0. The van der Waals surface area contributed by atoms with Gasteiger partial charge in [0.2, 0.25) is 5.76 Å². The number of halogens is 2. The van der Waals surface area contributed by atoms with E-state index in [-0.39, 0.29) is 29.2 Å². The van der Waals surface area contributed by atoms with Crippen LogP contribution in [0.15, 0.2) is 69.7 Å². The summed E-state index contributed by atoms with van der Waals surface area (Å²) in [6, 6.07) is 13.7. The van der Waals surface area contributed by atoms with E-state index in [2.05, 4.69) is 10.1 Å². The van der Waals surface area contributed by atoms with Gasteiger partial charge >= 0.3 is 0 Å². The molecule has 0 spiro atoms. The lowest BCUT2D eigenvalue weighted by Gasteiger charge is -2.30. The molecular weight excluding hydrogens is 428 g/mol. The van der Waals surface area contributed by atoms with E-state index in [1.54, 1.807) is 41.4 Å². The number of rotatable bonds is 5. The number of amides is 1. The first-order valence-corrected chi connectivity index (χ1v) is 10.8. The third kappa shape index (κ3) is 4.69. The van der Waals surface area contributed by atoms with E-state index >= 15 is 0 Å². The van der Waals surface area contributed by atoms with Crippen LogP contribution in [0.4, 0.5) is 8.78 Å². The third-order valence-electron chi connectivity index (χ3n) is 5.78. The van der Waals surface area contributed by atoms with Crippen molar-refractivity contribution in [3.63, 3.8) is 0 Å². The van der Waals surface area contributed by atoms with Crippen molar-refractivity contribution in [2.75, 3.05) is 13.1 Å². The SMILES string of the molecule is O=C(c1cc(-c2ccc(F)cc2)no1)N1CCCC(c2ncc(Cc3ccc(F)cc3)o2)C1. The van der Waals surface area contributed by atoms with E-state index < -0.39 is 0 Å². The van der Waals surface area contributed by atoms with Crippen LogP contribution in [-0.2, 0) is 6.42 Å². The summed E-state index contributed by atoms with van der Waals surface area (Å²) in [5.41, 5.74) is 2.08. The summed E-state index contributed by atoms with van der Waals surface area (Å²) < 4.78 is 37.5. The fourth-order valence-corrected chi connectivity index (χ4v) is 4.05. The maximum absolute atomic E-state index is 13.1. The molecule has 1 amide bonds. The summed E-state index contributed by atoms with van der Waals surface area (Å²) in [5.74, 6) is 0.529.